The molecular formula is C15H16N2O3S2. The minimum Gasteiger partial charge on any atom is -0.307 e. The molecule has 0 unspecified atom stereocenters. The fourth-order valence-electron chi connectivity index (χ4n) is 1.73. The van der Waals surface area contributed by atoms with Crippen LogP contribution in [0.25, 0.3) is 0 Å². The van der Waals surface area contributed by atoms with Crippen LogP contribution in [0.3, 0.4) is 0 Å². The monoisotopic (exact) mass is 336 g/mol. The van der Waals surface area contributed by atoms with E-state index in [1.165, 1.54) is 12.1 Å². The number of sulfonamides is 1. The van der Waals surface area contributed by atoms with Crippen molar-refractivity contribution >= 4 is 33.5 Å². The summed E-state index contributed by atoms with van der Waals surface area (Å²) in [6.45, 7) is 1.86. The topological polar surface area (TPSA) is 75.3 Å². The van der Waals surface area contributed by atoms with E-state index >= 15 is 0 Å². The first-order chi connectivity index (χ1) is 10.4. The van der Waals surface area contributed by atoms with E-state index in [-0.39, 0.29) is 4.90 Å². The second kappa shape index (κ2) is 6.85. The molecule has 116 valence electrons. The Kier molecular flexibility index (Phi) is 5.10. The lowest BCUT2D eigenvalue weighted by Crippen LogP contribution is -2.34. The molecule has 5 nitrogen and oxygen atoms in total. The summed E-state index contributed by atoms with van der Waals surface area (Å²) in [5.41, 5.74) is 1.46. The van der Waals surface area contributed by atoms with Gasteiger partial charge in [-0.3, -0.25) is 0 Å². The molecule has 2 N–H and O–H groups in total. The number of urea groups is 1. The molecule has 0 radical (unpaired) electrons. The van der Waals surface area contributed by atoms with Gasteiger partial charge in [-0.25, -0.2) is 17.9 Å². The molecule has 0 heterocycles. The zero-order valence-corrected chi connectivity index (χ0v) is 13.8. The fraction of sp³-hybridized carbons (Fsp3) is 0.133. The highest BCUT2D eigenvalue weighted by atomic mass is 32.2. The Morgan fingerprint density at radius 1 is 1.00 bits per heavy atom. The lowest BCUT2D eigenvalue weighted by atomic mass is 10.2. The van der Waals surface area contributed by atoms with Crippen molar-refractivity contribution in [3.8, 4) is 0 Å². The molecule has 2 aromatic rings. The largest absolute Gasteiger partial charge is 0.333 e. The van der Waals surface area contributed by atoms with Gasteiger partial charge in [0, 0.05) is 10.6 Å². The zero-order chi connectivity index (χ0) is 16.2. The van der Waals surface area contributed by atoms with Crippen LogP contribution in [-0.2, 0) is 10.0 Å². The van der Waals surface area contributed by atoms with E-state index in [0.717, 1.165) is 10.5 Å². The molecule has 0 aliphatic rings. The summed E-state index contributed by atoms with van der Waals surface area (Å²) in [5.74, 6) is 0. The maximum Gasteiger partial charge on any atom is 0.333 e. The Hall–Kier alpha value is -1.99. The molecule has 0 spiro atoms. The van der Waals surface area contributed by atoms with Gasteiger partial charge in [-0.2, -0.15) is 0 Å². The molecule has 7 heteroatoms. The molecule has 2 rings (SSSR count). The molecule has 22 heavy (non-hydrogen) atoms. The Morgan fingerprint density at radius 3 is 2.14 bits per heavy atom. The minimum atomic E-state index is -3.88. The van der Waals surface area contributed by atoms with E-state index in [1.807, 2.05) is 30.0 Å². The molecule has 0 aliphatic heterocycles. The third-order valence-corrected chi connectivity index (χ3v) is 5.00. The second-order valence-corrected chi connectivity index (χ2v) is 7.16. The van der Waals surface area contributed by atoms with Crippen molar-refractivity contribution in [2.45, 2.75) is 16.7 Å². The predicted octanol–water partition coefficient (Wildman–Crippen LogP) is 3.23. The van der Waals surface area contributed by atoms with E-state index in [2.05, 4.69) is 5.32 Å². The van der Waals surface area contributed by atoms with Crippen LogP contribution in [0, 0.1) is 6.92 Å². The molecule has 0 saturated carbocycles. The van der Waals surface area contributed by atoms with E-state index in [4.69, 9.17) is 0 Å². The van der Waals surface area contributed by atoms with Crippen molar-refractivity contribution in [3.05, 3.63) is 54.1 Å². The Labute approximate surface area is 134 Å². The SMILES string of the molecule is CSc1ccc(NC(=O)NS(=O)(=O)c2ccc(C)cc2)cc1. The highest BCUT2D eigenvalue weighted by Crippen LogP contribution is 2.17. The van der Waals surface area contributed by atoms with Crippen LogP contribution >= 0.6 is 11.8 Å². The van der Waals surface area contributed by atoms with Gasteiger partial charge in [-0.15, -0.1) is 11.8 Å². The number of carbonyl (C=O) groups excluding carboxylic acids is 1. The molecule has 0 aliphatic carbocycles. The maximum absolute atomic E-state index is 12.1. The lowest BCUT2D eigenvalue weighted by molar-refractivity contribution is 0.256. The molecule has 0 saturated heterocycles. The summed E-state index contributed by atoms with van der Waals surface area (Å²) in [7, 11) is -3.88. The average Bonchev–Trinajstić information content (AvgIpc) is 2.48. The number of nitrogens with one attached hydrogen (secondary N) is 2. The number of hydrogen-bond acceptors (Lipinski definition) is 4. The summed E-state index contributed by atoms with van der Waals surface area (Å²) in [6, 6.07) is 12.6. The van der Waals surface area contributed by atoms with Crippen LogP contribution in [0.4, 0.5) is 10.5 Å². The van der Waals surface area contributed by atoms with Gasteiger partial charge >= 0.3 is 6.03 Å². The Morgan fingerprint density at radius 2 is 1.59 bits per heavy atom. The van der Waals surface area contributed by atoms with Crippen molar-refractivity contribution in [1.82, 2.24) is 4.72 Å². The third-order valence-electron chi connectivity index (χ3n) is 2.91. The van der Waals surface area contributed by atoms with E-state index < -0.39 is 16.1 Å². The lowest BCUT2D eigenvalue weighted by Gasteiger charge is -2.09. The summed E-state index contributed by atoms with van der Waals surface area (Å²) < 4.78 is 26.1. The number of rotatable bonds is 4. The summed E-state index contributed by atoms with van der Waals surface area (Å²) in [6.07, 6.45) is 1.95. The number of anilines is 1. The summed E-state index contributed by atoms with van der Waals surface area (Å²) in [4.78, 5) is 12.9. The van der Waals surface area contributed by atoms with E-state index in [0.29, 0.717) is 5.69 Å². The van der Waals surface area contributed by atoms with Crippen LogP contribution in [0.5, 0.6) is 0 Å². The smallest absolute Gasteiger partial charge is 0.307 e. The average molecular weight is 336 g/mol. The first-order valence-corrected chi connectivity index (χ1v) is 9.16. The normalized spacial score (nSPS) is 11.0. The van der Waals surface area contributed by atoms with Crippen molar-refractivity contribution in [2.75, 3.05) is 11.6 Å². The van der Waals surface area contributed by atoms with Gasteiger partial charge in [-0.1, -0.05) is 17.7 Å². The van der Waals surface area contributed by atoms with Gasteiger partial charge < -0.3 is 5.32 Å². The molecule has 0 bridgehead atoms. The van der Waals surface area contributed by atoms with Crippen molar-refractivity contribution in [1.29, 1.82) is 0 Å². The highest BCUT2D eigenvalue weighted by Gasteiger charge is 2.17. The Balaban J connectivity index is 2.05. The second-order valence-electron chi connectivity index (χ2n) is 4.60. The van der Waals surface area contributed by atoms with Gasteiger partial charge in [0.25, 0.3) is 10.0 Å². The van der Waals surface area contributed by atoms with Crippen molar-refractivity contribution in [2.24, 2.45) is 0 Å². The zero-order valence-electron chi connectivity index (χ0n) is 12.2. The van der Waals surface area contributed by atoms with Gasteiger partial charge in [0.2, 0.25) is 0 Å². The Bertz CT molecular complexity index is 754. The maximum atomic E-state index is 12.1. The van der Waals surface area contributed by atoms with Crippen LogP contribution in [0.15, 0.2) is 58.3 Å². The van der Waals surface area contributed by atoms with Gasteiger partial charge in [0.1, 0.15) is 0 Å². The van der Waals surface area contributed by atoms with Crippen LogP contribution in [0.2, 0.25) is 0 Å². The van der Waals surface area contributed by atoms with Crippen LogP contribution in [0.1, 0.15) is 5.56 Å². The molecule has 0 aromatic heterocycles. The highest BCUT2D eigenvalue weighted by molar-refractivity contribution is 7.98. The number of thioether (sulfide) groups is 1. The predicted molar refractivity (Wildman–Crippen MR) is 88.7 cm³/mol. The third kappa shape index (κ3) is 4.25. The molecule has 2 aromatic carbocycles. The number of carbonyl (C=O) groups is 1. The van der Waals surface area contributed by atoms with Crippen molar-refractivity contribution in [3.63, 3.8) is 0 Å². The van der Waals surface area contributed by atoms with Gasteiger partial charge in [-0.05, 0) is 49.6 Å². The van der Waals surface area contributed by atoms with Gasteiger partial charge in [0.05, 0.1) is 4.90 Å². The van der Waals surface area contributed by atoms with Crippen molar-refractivity contribution < 1.29 is 13.2 Å². The van der Waals surface area contributed by atoms with Gasteiger partial charge in [0.15, 0.2) is 0 Å². The molecule has 0 atom stereocenters. The number of amides is 2. The quantitative estimate of drug-likeness (QED) is 0.841. The first-order valence-electron chi connectivity index (χ1n) is 6.45. The first kappa shape index (κ1) is 16.4. The fourth-order valence-corrected chi connectivity index (χ4v) is 3.04. The number of hydrogen-bond donors (Lipinski definition) is 2. The summed E-state index contributed by atoms with van der Waals surface area (Å²) >= 11 is 1.58. The summed E-state index contributed by atoms with van der Waals surface area (Å²) in [5, 5.41) is 2.49. The van der Waals surface area contributed by atoms with E-state index in [1.54, 1.807) is 36.0 Å². The number of aryl methyl sites for hydroxylation is 1. The molecule has 2 amide bonds. The van der Waals surface area contributed by atoms with Crippen LogP contribution in [-0.4, -0.2) is 20.7 Å². The standard InChI is InChI=1S/C15H16N2O3S2/c1-11-3-9-14(10-4-11)22(19,20)17-15(18)16-12-5-7-13(21-2)8-6-12/h3-10H,1-2H3,(H2,16,17,18). The van der Waals surface area contributed by atoms with Crippen LogP contribution < -0.4 is 10.0 Å². The molecular weight excluding hydrogens is 320 g/mol. The minimum absolute atomic E-state index is 0.0472. The molecule has 0 fully saturated rings. The number of benzene rings is 2. The van der Waals surface area contributed by atoms with E-state index in [9.17, 15) is 13.2 Å².